The molecule has 1 aliphatic rings. The predicted octanol–water partition coefficient (Wildman–Crippen LogP) is 1.25. The minimum atomic E-state index is -4.76. The van der Waals surface area contributed by atoms with Gasteiger partial charge in [0, 0.05) is 6.54 Å². The van der Waals surface area contributed by atoms with Gasteiger partial charge in [0.05, 0.1) is 11.7 Å². The molecule has 0 bridgehead atoms. The van der Waals surface area contributed by atoms with E-state index in [1.807, 2.05) is 0 Å². The largest absolute Gasteiger partial charge is 0.416 e. The smallest absolute Gasteiger partial charge is 0.382 e. The third kappa shape index (κ3) is 2.93. The van der Waals surface area contributed by atoms with E-state index in [4.69, 9.17) is 0 Å². The van der Waals surface area contributed by atoms with E-state index in [1.54, 1.807) is 11.4 Å². The maximum absolute atomic E-state index is 12.8. The lowest BCUT2D eigenvalue weighted by Crippen LogP contribution is -2.49. The van der Waals surface area contributed by atoms with Crippen LogP contribution in [0.25, 0.3) is 5.69 Å². The number of halogens is 3. The number of alkyl halides is 3. The molecule has 3 heterocycles. The molecule has 0 radical (unpaired) electrons. The normalized spacial score (nSPS) is 20.0. The first-order chi connectivity index (χ1) is 10.9. The highest BCUT2D eigenvalue weighted by atomic mass is 32.1. The molecular weight excluding hydrogens is 335 g/mol. The molecule has 0 aromatic carbocycles. The average Bonchev–Trinajstić information content (AvgIpc) is 3.22. The molecule has 1 aliphatic heterocycles. The summed E-state index contributed by atoms with van der Waals surface area (Å²) < 4.78 is 39.6. The van der Waals surface area contributed by atoms with Gasteiger partial charge in [0.25, 0.3) is 5.91 Å². The van der Waals surface area contributed by atoms with Gasteiger partial charge in [-0.15, -0.1) is 16.4 Å². The van der Waals surface area contributed by atoms with Crippen molar-refractivity contribution in [2.75, 3.05) is 6.54 Å². The molecule has 7 nitrogen and oxygen atoms in total. The van der Waals surface area contributed by atoms with Crippen LogP contribution in [0.5, 0.6) is 0 Å². The van der Waals surface area contributed by atoms with Gasteiger partial charge in [-0.25, -0.2) is 0 Å². The quantitative estimate of drug-likeness (QED) is 0.903. The van der Waals surface area contributed by atoms with Crippen LogP contribution in [0.2, 0.25) is 0 Å². The third-order valence-corrected chi connectivity index (χ3v) is 4.59. The van der Waals surface area contributed by atoms with Crippen molar-refractivity contribution >= 4 is 17.2 Å². The Morgan fingerprint density at radius 2 is 2.26 bits per heavy atom. The van der Waals surface area contributed by atoms with E-state index in [1.165, 1.54) is 11.0 Å². The molecule has 1 N–H and O–H groups in total. The summed E-state index contributed by atoms with van der Waals surface area (Å²) in [4.78, 5) is 14.0. The summed E-state index contributed by atoms with van der Waals surface area (Å²) in [6, 6.07) is 0.339. The second kappa shape index (κ2) is 5.89. The van der Waals surface area contributed by atoms with Crippen LogP contribution in [0.15, 0.2) is 17.8 Å². The monoisotopic (exact) mass is 347 g/mol. The first kappa shape index (κ1) is 15.9. The van der Waals surface area contributed by atoms with Crippen molar-refractivity contribution in [1.29, 1.82) is 0 Å². The molecule has 23 heavy (non-hydrogen) atoms. The number of carbonyl (C=O) groups is 1. The van der Waals surface area contributed by atoms with E-state index < -0.39 is 24.2 Å². The van der Waals surface area contributed by atoms with Gasteiger partial charge in [-0.3, -0.25) is 4.79 Å². The fraction of sp³-hybridized carbons (Fsp3) is 0.500. The number of rotatable bonds is 3. The Bertz CT molecular complexity index is 687. The summed E-state index contributed by atoms with van der Waals surface area (Å²) in [5, 5.41) is 21.8. The molecule has 0 unspecified atom stereocenters. The van der Waals surface area contributed by atoms with E-state index in [0.717, 1.165) is 16.2 Å². The van der Waals surface area contributed by atoms with Crippen molar-refractivity contribution in [2.45, 2.75) is 31.2 Å². The zero-order valence-electron chi connectivity index (χ0n) is 11.6. The Hall–Kier alpha value is -2.01. The summed E-state index contributed by atoms with van der Waals surface area (Å²) in [6.45, 7) is 0.170. The number of hydrogen-bond acceptors (Lipinski definition) is 6. The maximum atomic E-state index is 12.8. The van der Waals surface area contributed by atoms with Gasteiger partial charge in [-0.2, -0.15) is 17.9 Å². The lowest BCUT2D eigenvalue weighted by Gasteiger charge is -2.29. The molecule has 2 aromatic rings. The molecule has 1 saturated heterocycles. The number of carbonyl (C=O) groups excluding carboxylic acids is 1. The Labute approximate surface area is 132 Å². The van der Waals surface area contributed by atoms with E-state index in [9.17, 15) is 23.1 Å². The molecule has 2 atom stereocenters. The van der Waals surface area contributed by atoms with Crippen LogP contribution in [-0.4, -0.2) is 61.0 Å². The first-order valence-corrected chi connectivity index (χ1v) is 7.64. The molecule has 1 fully saturated rings. The van der Waals surface area contributed by atoms with Gasteiger partial charge in [0.15, 0.2) is 6.10 Å². The van der Waals surface area contributed by atoms with Crippen LogP contribution in [0.1, 0.15) is 22.5 Å². The summed E-state index contributed by atoms with van der Waals surface area (Å²) in [5.74, 6) is -0.559. The molecular formula is C12H12F3N5O2S. The lowest BCUT2D eigenvalue weighted by molar-refractivity contribution is -0.216. The lowest BCUT2D eigenvalue weighted by atomic mass is 10.1. The van der Waals surface area contributed by atoms with Crippen molar-refractivity contribution in [1.82, 2.24) is 25.1 Å². The second-order valence-electron chi connectivity index (χ2n) is 5.08. The summed E-state index contributed by atoms with van der Waals surface area (Å²) >= 11 is 1.09. The standard InChI is InChI=1S/C12H12F3N5O2S/c13-12(14,15)10(21)8-2-1-4-19(8)11(22)9-7(3-5-23-9)20-6-16-17-18-20/h3,5-6,8,10,21H,1-2,4H2/t8-,10-/m1/s1. The Morgan fingerprint density at radius 3 is 2.91 bits per heavy atom. The molecule has 0 saturated carbocycles. The number of tetrazole rings is 1. The van der Waals surface area contributed by atoms with Crippen molar-refractivity contribution < 1.29 is 23.1 Å². The average molecular weight is 347 g/mol. The van der Waals surface area contributed by atoms with Crippen molar-refractivity contribution in [3.8, 4) is 5.69 Å². The summed E-state index contributed by atoms with van der Waals surface area (Å²) in [6.07, 6.45) is -5.50. The minimum absolute atomic E-state index is 0.109. The Balaban J connectivity index is 1.87. The van der Waals surface area contributed by atoms with Gasteiger partial charge < -0.3 is 10.0 Å². The number of amides is 1. The summed E-state index contributed by atoms with van der Waals surface area (Å²) in [7, 11) is 0. The topological polar surface area (TPSA) is 84.1 Å². The van der Waals surface area contributed by atoms with E-state index in [-0.39, 0.29) is 17.8 Å². The van der Waals surface area contributed by atoms with E-state index in [2.05, 4.69) is 15.5 Å². The van der Waals surface area contributed by atoms with Crippen LogP contribution in [-0.2, 0) is 0 Å². The molecule has 3 rings (SSSR count). The van der Waals surface area contributed by atoms with Crippen LogP contribution in [0, 0.1) is 0 Å². The number of aromatic nitrogens is 4. The predicted molar refractivity (Wildman–Crippen MR) is 73.2 cm³/mol. The fourth-order valence-corrected chi connectivity index (χ4v) is 3.47. The van der Waals surface area contributed by atoms with E-state index >= 15 is 0 Å². The minimum Gasteiger partial charge on any atom is -0.382 e. The zero-order valence-corrected chi connectivity index (χ0v) is 12.5. The Kier molecular flexibility index (Phi) is 4.06. The van der Waals surface area contributed by atoms with Crippen LogP contribution in [0.4, 0.5) is 13.2 Å². The van der Waals surface area contributed by atoms with Crippen molar-refractivity contribution in [3.05, 3.63) is 22.7 Å². The SMILES string of the molecule is O=C(c1sccc1-n1cnnn1)N1CCC[C@@H]1[C@@H](O)C(F)(F)F. The number of likely N-dealkylation sites (tertiary alicyclic amines) is 1. The highest BCUT2D eigenvalue weighted by Crippen LogP contribution is 2.33. The zero-order chi connectivity index (χ0) is 16.6. The molecule has 0 aliphatic carbocycles. The highest BCUT2D eigenvalue weighted by molar-refractivity contribution is 7.12. The third-order valence-electron chi connectivity index (χ3n) is 3.69. The Morgan fingerprint density at radius 1 is 1.48 bits per heavy atom. The molecule has 124 valence electrons. The van der Waals surface area contributed by atoms with Crippen LogP contribution in [0.3, 0.4) is 0 Å². The first-order valence-electron chi connectivity index (χ1n) is 6.76. The fourth-order valence-electron chi connectivity index (χ4n) is 2.64. The van der Waals surface area contributed by atoms with Crippen LogP contribution < -0.4 is 0 Å². The second-order valence-corrected chi connectivity index (χ2v) is 6.00. The van der Waals surface area contributed by atoms with E-state index in [0.29, 0.717) is 12.1 Å². The molecule has 2 aromatic heterocycles. The van der Waals surface area contributed by atoms with Crippen LogP contribution >= 0.6 is 11.3 Å². The highest BCUT2D eigenvalue weighted by Gasteiger charge is 2.48. The molecule has 11 heteroatoms. The number of aliphatic hydroxyl groups excluding tert-OH is 1. The van der Waals surface area contributed by atoms with Gasteiger partial charge in [0.1, 0.15) is 11.2 Å². The number of hydrogen-bond donors (Lipinski definition) is 1. The van der Waals surface area contributed by atoms with Gasteiger partial charge in [0.2, 0.25) is 0 Å². The van der Waals surface area contributed by atoms with Gasteiger partial charge in [-0.05, 0) is 34.7 Å². The van der Waals surface area contributed by atoms with Gasteiger partial charge >= 0.3 is 6.18 Å². The molecule has 0 spiro atoms. The van der Waals surface area contributed by atoms with Gasteiger partial charge in [-0.1, -0.05) is 0 Å². The maximum Gasteiger partial charge on any atom is 0.416 e. The number of aliphatic hydroxyl groups is 1. The van der Waals surface area contributed by atoms with Crippen molar-refractivity contribution in [3.63, 3.8) is 0 Å². The van der Waals surface area contributed by atoms with Crippen molar-refractivity contribution in [2.24, 2.45) is 0 Å². The number of nitrogens with zero attached hydrogens (tertiary/aromatic N) is 5. The molecule has 1 amide bonds. The number of thiophene rings is 1. The summed E-state index contributed by atoms with van der Waals surface area (Å²) in [5.41, 5.74) is 0.400.